The monoisotopic (exact) mass is 84.1 g/mol. The molecule has 0 fully saturated rings. The van der Waals surface area contributed by atoms with Crippen LogP contribution in [0.4, 0.5) is 0 Å². The summed E-state index contributed by atoms with van der Waals surface area (Å²) in [5, 5.41) is 0. The van der Waals surface area contributed by atoms with E-state index in [4.69, 9.17) is 5.53 Å². The molecule has 0 aliphatic rings. The van der Waals surface area contributed by atoms with Crippen LogP contribution in [0.1, 0.15) is 19.8 Å². The molecule has 0 rings (SSSR count). The minimum Gasteiger partial charge on any atom is -0.362 e. The summed E-state index contributed by atoms with van der Waals surface area (Å²) < 4.78 is 0. The Balaban J connectivity index is 2.86. The number of hydrogen-bond acceptors (Lipinski definition) is 0. The first-order valence-corrected chi connectivity index (χ1v) is 2.07. The SMILES string of the molecule is CCCC=[N+]=[N-]. The fourth-order valence-corrected chi connectivity index (χ4v) is 0.187. The second-order valence-corrected chi connectivity index (χ2v) is 1.09. The average molecular weight is 84.1 g/mol. The Morgan fingerprint density at radius 2 is 2.50 bits per heavy atom. The zero-order valence-electron chi connectivity index (χ0n) is 3.89. The highest BCUT2D eigenvalue weighted by molar-refractivity contribution is 5.49. The number of nitrogens with zero attached hydrogens (tertiary/aromatic N) is 2. The molecule has 0 aromatic rings. The van der Waals surface area contributed by atoms with Gasteiger partial charge < -0.3 is 5.53 Å². The molecule has 0 aromatic carbocycles. The summed E-state index contributed by atoms with van der Waals surface area (Å²) in [7, 11) is 0. The Bertz CT molecular complexity index is 61.9. The minimum atomic E-state index is 0.872. The number of unbranched alkanes of at least 4 members (excludes halogenated alkanes) is 1. The van der Waals surface area contributed by atoms with Crippen molar-refractivity contribution < 1.29 is 4.79 Å². The average Bonchev–Trinajstić information content (AvgIpc) is 1.61. The zero-order chi connectivity index (χ0) is 4.83. The van der Waals surface area contributed by atoms with E-state index in [0.717, 1.165) is 12.8 Å². The van der Waals surface area contributed by atoms with Crippen LogP contribution in [-0.2, 0) is 0 Å². The van der Waals surface area contributed by atoms with Crippen molar-refractivity contribution in [3.8, 4) is 0 Å². The Morgan fingerprint density at radius 1 is 1.83 bits per heavy atom. The van der Waals surface area contributed by atoms with Crippen LogP contribution in [-0.4, -0.2) is 11.0 Å². The fourth-order valence-electron chi connectivity index (χ4n) is 0.187. The van der Waals surface area contributed by atoms with Crippen molar-refractivity contribution in [2.24, 2.45) is 0 Å². The predicted octanol–water partition coefficient (Wildman–Crippen LogP) is 1.09. The highest BCUT2D eigenvalue weighted by Gasteiger charge is 1.73. The van der Waals surface area contributed by atoms with Gasteiger partial charge >= 0.3 is 0 Å². The summed E-state index contributed by atoms with van der Waals surface area (Å²) in [6.45, 7) is 2.03. The lowest BCUT2D eigenvalue weighted by Gasteiger charge is -1.66. The molecule has 0 spiro atoms. The van der Waals surface area contributed by atoms with Crippen molar-refractivity contribution in [2.75, 3.05) is 0 Å². The summed E-state index contributed by atoms with van der Waals surface area (Å²) in [4.78, 5) is 2.80. The van der Waals surface area contributed by atoms with Crippen molar-refractivity contribution in [3.63, 3.8) is 0 Å². The highest BCUT2D eigenvalue weighted by atomic mass is 14.8. The normalized spacial score (nSPS) is 6.83. The molecule has 2 nitrogen and oxygen atoms in total. The first kappa shape index (κ1) is 5.38. The van der Waals surface area contributed by atoms with Gasteiger partial charge in [0.05, 0.1) is 0 Å². The lowest BCUT2D eigenvalue weighted by molar-refractivity contribution is 0.000870. The molecule has 6 heavy (non-hydrogen) atoms. The molecule has 0 N–H and O–H groups in total. The zero-order valence-corrected chi connectivity index (χ0v) is 3.89. The molecule has 0 aliphatic heterocycles. The van der Waals surface area contributed by atoms with Crippen LogP contribution >= 0.6 is 0 Å². The molecule has 0 saturated heterocycles. The van der Waals surface area contributed by atoms with Gasteiger partial charge in [0, 0.05) is 6.42 Å². The molecule has 0 atom stereocenters. The van der Waals surface area contributed by atoms with Gasteiger partial charge in [-0.25, -0.2) is 0 Å². The first-order chi connectivity index (χ1) is 2.91. The van der Waals surface area contributed by atoms with Crippen molar-refractivity contribution in [3.05, 3.63) is 5.53 Å². The molecular weight excluding hydrogens is 76.1 g/mol. The molecule has 0 saturated carbocycles. The van der Waals surface area contributed by atoms with Crippen LogP contribution in [0.5, 0.6) is 0 Å². The van der Waals surface area contributed by atoms with Crippen molar-refractivity contribution >= 4 is 6.21 Å². The molecule has 0 radical (unpaired) electrons. The molecule has 0 aromatic heterocycles. The number of rotatable bonds is 2. The summed E-state index contributed by atoms with van der Waals surface area (Å²) in [6, 6.07) is 0. The lowest BCUT2D eigenvalue weighted by atomic mass is 10.4. The van der Waals surface area contributed by atoms with E-state index >= 15 is 0 Å². The van der Waals surface area contributed by atoms with Crippen molar-refractivity contribution in [1.82, 2.24) is 0 Å². The molecular formula is C4H8N2. The summed E-state index contributed by atoms with van der Waals surface area (Å²) in [5.74, 6) is 0. The quantitative estimate of drug-likeness (QED) is 0.273. The second kappa shape index (κ2) is 4.38. The van der Waals surface area contributed by atoms with Crippen molar-refractivity contribution in [1.29, 1.82) is 0 Å². The summed E-state index contributed by atoms with van der Waals surface area (Å²) in [5.41, 5.74) is 7.77. The van der Waals surface area contributed by atoms with E-state index in [-0.39, 0.29) is 0 Å². The Labute approximate surface area is 37.4 Å². The Morgan fingerprint density at radius 3 is 2.67 bits per heavy atom. The van der Waals surface area contributed by atoms with E-state index in [9.17, 15) is 0 Å². The van der Waals surface area contributed by atoms with Gasteiger partial charge in [-0.1, -0.05) is 6.92 Å². The van der Waals surface area contributed by atoms with Crippen LogP contribution in [0.25, 0.3) is 5.53 Å². The van der Waals surface area contributed by atoms with E-state index in [2.05, 4.69) is 4.79 Å². The van der Waals surface area contributed by atoms with E-state index in [1.165, 1.54) is 6.21 Å². The molecule has 0 heterocycles. The van der Waals surface area contributed by atoms with Gasteiger partial charge in [-0.15, -0.1) is 0 Å². The van der Waals surface area contributed by atoms with Crippen LogP contribution < -0.4 is 0 Å². The molecule has 0 aliphatic carbocycles. The van der Waals surface area contributed by atoms with Gasteiger partial charge in [-0.2, -0.15) is 4.79 Å². The van der Waals surface area contributed by atoms with Crippen LogP contribution in [0.2, 0.25) is 0 Å². The largest absolute Gasteiger partial charge is 0.362 e. The minimum absolute atomic E-state index is 0.872. The number of hydrogen-bond donors (Lipinski definition) is 0. The third-order valence-electron chi connectivity index (χ3n) is 0.499. The van der Waals surface area contributed by atoms with Crippen LogP contribution in [0.15, 0.2) is 0 Å². The summed E-state index contributed by atoms with van der Waals surface area (Å²) >= 11 is 0. The maximum Gasteiger partial charge on any atom is 0.257 e. The van der Waals surface area contributed by atoms with Gasteiger partial charge in [-0.3, -0.25) is 0 Å². The van der Waals surface area contributed by atoms with Gasteiger partial charge in [-0.05, 0) is 6.42 Å². The second-order valence-electron chi connectivity index (χ2n) is 1.09. The van der Waals surface area contributed by atoms with Gasteiger partial charge in [0.15, 0.2) is 0 Å². The third kappa shape index (κ3) is 3.38. The van der Waals surface area contributed by atoms with Gasteiger partial charge in [0.1, 0.15) is 0 Å². The Hall–Kier alpha value is -0.620. The fraction of sp³-hybridized carbons (Fsp3) is 0.750. The smallest absolute Gasteiger partial charge is 0.257 e. The molecule has 2 heteroatoms. The topological polar surface area (TPSA) is 36.4 Å². The maximum absolute atomic E-state index is 7.77. The standard InChI is InChI=1S/C4H8N2/c1-2-3-4-6-5/h4H,2-3H2,1H3. The van der Waals surface area contributed by atoms with E-state index in [1.807, 2.05) is 6.92 Å². The van der Waals surface area contributed by atoms with E-state index < -0.39 is 0 Å². The third-order valence-corrected chi connectivity index (χ3v) is 0.499. The van der Waals surface area contributed by atoms with Crippen LogP contribution in [0, 0.1) is 0 Å². The molecule has 0 bridgehead atoms. The summed E-state index contributed by atoms with van der Waals surface area (Å²) in [6.07, 6.45) is 3.40. The lowest BCUT2D eigenvalue weighted by Crippen LogP contribution is -1.69. The van der Waals surface area contributed by atoms with Crippen LogP contribution in [0.3, 0.4) is 0 Å². The maximum atomic E-state index is 7.77. The van der Waals surface area contributed by atoms with E-state index in [0.29, 0.717) is 0 Å². The Kier molecular flexibility index (Phi) is 3.93. The van der Waals surface area contributed by atoms with Crippen molar-refractivity contribution in [2.45, 2.75) is 19.8 Å². The highest BCUT2D eigenvalue weighted by Crippen LogP contribution is 1.75. The van der Waals surface area contributed by atoms with Gasteiger partial charge in [0.2, 0.25) is 0 Å². The predicted molar refractivity (Wildman–Crippen MR) is 24.6 cm³/mol. The molecule has 0 amide bonds. The van der Waals surface area contributed by atoms with E-state index in [1.54, 1.807) is 0 Å². The molecule has 0 unspecified atom stereocenters. The molecule has 34 valence electrons. The van der Waals surface area contributed by atoms with Gasteiger partial charge in [0.25, 0.3) is 6.21 Å². The first-order valence-electron chi connectivity index (χ1n) is 2.07.